The number of benzene rings is 1. The normalized spacial score (nSPS) is 15.0. The molecule has 1 N–H and O–H groups in total. The average molecular weight is 285 g/mol. The molecule has 0 fully saturated rings. The molecule has 0 unspecified atom stereocenters. The van der Waals surface area contributed by atoms with Crippen LogP contribution in [0.5, 0.6) is 0 Å². The fourth-order valence-electron chi connectivity index (χ4n) is 2.86. The molecule has 2 aromatic rings. The lowest BCUT2D eigenvalue weighted by Crippen LogP contribution is -2.27. The van der Waals surface area contributed by atoms with E-state index in [1.54, 1.807) is 0 Å². The fraction of sp³-hybridized carbons (Fsp3) is 0.375. The quantitative estimate of drug-likeness (QED) is 0.934. The first-order valence-electron chi connectivity index (χ1n) is 7.11. The van der Waals surface area contributed by atoms with Crippen LogP contribution in [0, 0.1) is 6.92 Å². The summed E-state index contributed by atoms with van der Waals surface area (Å²) in [5.41, 5.74) is 5.47. The van der Waals surface area contributed by atoms with Crippen LogP contribution < -0.4 is 0 Å². The molecule has 1 aliphatic heterocycles. The maximum Gasteiger partial charge on any atom is 0.307 e. The van der Waals surface area contributed by atoms with Gasteiger partial charge in [-0.05, 0) is 31.7 Å². The highest BCUT2D eigenvalue weighted by molar-refractivity contribution is 5.70. The largest absolute Gasteiger partial charge is 0.481 e. The lowest BCUT2D eigenvalue weighted by atomic mass is 10.1. The van der Waals surface area contributed by atoms with Crippen LogP contribution in [0.3, 0.4) is 0 Å². The number of fused-ring (bicyclic) bond motifs is 1. The van der Waals surface area contributed by atoms with Crippen molar-refractivity contribution in [1.29, 1.82) is 0 Å². The summed E-state index contributed by atoms with van der Waals surface area (Å²) in [7, 11) is 2.13. The maximum absolute atomic E-state index is 10.7. The second kappa shape index (κ2) is 5.33. The van der Waals surface area contributed by atoms with Crippen LogP contribution in [0.2, 0.25) is 0 Å². The zero-order chi connectivity index (χ0) is 15.0. The van der Waals surface area contributed by atoms with Gasteiger partial charge >= 0.3 is 5.97 Å². The van der Waals surface area contributed by atoms with Crippen LogP contribution in [0.25, 0.3) is 5.69 Å². The van der Waals surface area contributed by atoms with E-state index in [2.05, 4.69) is 17.0 Å². The number of aliphatic carboxylic acids is 1. The monoisotopic (exact) mass is 285 g/mol. The molecule has 5 nitrogen and oxygen atoms in total. The number of carbonyl (C=O) groups is 1. The van der Waals surface area contributed by atoms with Gasteiger partial charge in [-0.3, -0.25) is 4.79 Å². The number of aryl methyl sites for hydroxylation is 1. The number of hydrogen-bond acceptors (Lipinski definition) is 3. The molecule has 110 valence electrons. The van der Waals surface area contributed by atoms with Gasteiger partial charge in [-0.15, -0.1) is 0 Å². The van der Waals surface area contributed by atoms with Crippen molar-refractivity contribution in [3.8, 4) is 5.69 Å². The van der Waals surface area contributed by atoms with E-state index in [1.807, 2.05) is 35.9 Å². The molecular formula is C16H19N3O2. The Morgan fingerprint density at radius 1 is 1.33 bits per heavy atom. The van der Waals surface area contributed by atoms with Gasteiger partial charge in [0.05, 0.1) is 23.5 Å². The van der Waals surface area contributed by atoms with Gasteiger partial charge in [-0.2, -0.15) is 5.10 Å². The van der Waals surface area contributed by atoms with Crippen molar-refractivity contribution < 1.29 is 9.90 Å². The Morgan fingerprint density at radius 3 is 2.71 bits per heavy atom. The lowest BCUT2D eigenvalue weighted by Gasteiger charge is -2.23. The smallest absolute Gasteiger partial charge is 0.307 e. The molecule has 1 aromatic heterocycles. The van der Waals surface area contributed by atoms with Gasteiger partial charge in [0, 0.05) is 25.1 Å². The summed E-state index contributed by atoms with van der Waals surface area (Å²) in [6.07, 6.45) is 1.05. The molecule has 0 atom stereocenters. The topological polar surface area (TPSA) is 58.4 Å². The van der Waals surface area contributed by atoms with Crippen molar-refractivity contribution in [1.82, 2.24) is 14.7 Å². The van der Waals surface area contributed by atoms with E-state index in [4.69, 9.17) is 5.11 Å². The van der Waals surface area contributed by atoms with Gasteiger partial charge in [0.2, 0.25) is 0 Å². The van der Waals surface area contributed by atoms with Crippen molar-refractivity contribution >= 4 is 5.97 Å². The van der Waals surface area contributed by atoms with Crippen LogP contribution in [0.15, 0.2) is 24.3 Å². The van der Waals surface area contributed by atoms with Crippen LogP contribution in [0.4, 0.5) is 0 Å². The third-order valence-electron chi connectivity index (χ3n) is 3.99. The molecule has 2 heterocycles. The second-order valence-corrected chi connectivity index (χ2v) is 5.65. The molecule has 1 aromatic carbocycles. The Hall–Kier alpha value is -2.14. The number of likely N-dealkylation sites (N-methyl/N-ethyl adjacent to an activating group) is 1. The van der Waals surface area contributed by atoms with Crippen molar-refractivity contribution in [2.75, 3.05) is 13.6 Å². The molecule has 21 heavy (non-hydrogen) atoms. The van der Waals surface area contributed by atoms with Crippen LogP contribution in [-0.4, -0.2) is 39.3 Å². The van der Waals surface area contributed by atoms with Crippen LogP contribution in [0.1, 0.15) is 22.5 Å². The Balaban J connectivity index is 1.94. The summed E-state index contributed by atoms with van der Waals surface area (Å²) < 4.78 is 2.00. The number of aromatic nitrogens is 2. The summed E-state index contributed by atoms with van der Waals surface area (Å²) in [4.78, 5) is 13.0. The Bertz CT molecular complexity index is 674. The molecule has 0 amide bonds. The van der Waals surface area contributed by atoms with Gasteiger partial charge in [-0.25, -0.2) is 4.68 Å². The number of hydrogen-bond donors (Lipinski definition) is 1. The highest BCUT2D eigenvalue weighted by atomic mass is 16.4. The predicted octanol–water partition coefficient (Wildman–Crippen LogP) is 1.80. The minimum absolute atomic E-state index is 0.0569. The van der Waals surface area contributed by atoms with E-state index >= 15 is 0 Å². The summed E-state index contributed by atoms with van der Waals surface area (Å²) in [5.74, 6) is -0.807. The van der Waals surface area contributed by atoms with Gasteiger partial charge in [0.15, 0.2) is 0 Å². The highest BCUT2D eigenvalue weighted by Crippen LogP contribution is 2.24. The molecule has 1 aliphatic rings. The number of carboxylic acid groups (broad SMARTS) is 1. The third-order valence-corrected chi connectivity index (χ3v) is 3.99. The highest BCUT2D eigenvalue weighted by Gasteiger charge is 2.21. The molecule has 0 aliphatic carbocycles. The Morgan fingerprint density at radius 2 is 2.05 bits per heavy atom. The van der Waals surface area contributed by atoms with Crippen molar-refractivity contribution in [2.45, 2.75) is 26.3 Å². The second-order valence-electron chi connectivity index (χ2n) is 5.65. The fourth-order valence-corrected chi connectivity index (χ4v) is 2.86. The molecule has 0 saturated heterocycles. The summed E-state index contributed by atoms with van der Waals surface area (Å²) in [6, 6.07) is 7.62. The summed E-state index contributed by atoms with van der Waals surface area (Å²) in [5, 5.41) is 13.5. The molecule has 0 saturated carbocycles. The van der Waals surface area contributed by atoms with E-state index in [0.717, 1.165) is 36.5 Å². The number of nitrogens with zero attached hydrogens (tertiary/aromatic N) is 3. The minimum atomic E-state index is -0.807. The first-order valence-corrected chi connectivity index (χ1v) is 7.11. The zero-order valence-electron chi connectivity index (χ0n) is 12.3. The number of rotatable bonds is 3. The molecule has 0 bridgehead atoms. The zero-order valence-corrected chi connectivity index (χ0v) is 12.3. The SMILES string of the molecule is Cc1nn(-c2ccc(CC(=O)O)cc2)c2c1CN(C)CC2. The van der Waals surface area contributed by atoms with Gasteiger partial charge < -0.3 is 10.0 Å². The molecule has 0 spiro atoms. The number of carboxylic acids is 1. The Kier molecular flexibility index (Phi) is 3.51. The average Bonchev–Trinajstić information content (AvgIpc) is 2.76. The van der Waals surface area contributed by atoms with Crippen molar-refractivity contribution in [3.05, 3.63) is 46.8 Å². The molecule has 5 heteroatoms. The summed E-state index contributed by atoms with van der Waals surface area (Å²) >= 11 is 0. The minimum Gasteiger partial charge on any atom is -0.481 e. The first-order chi connectivity index (χ1) is 10.0. The summed E-state index contributed by atoms with van der Waals surface area (Å²) in [6.45, 7) is 4.03. The lowest BCUT2D eigenvalue weighted by molar-refractivity contribution is -0.136. The van der Waals surface area contributed by atoms with E-state index in [-0.39, 0.29) is 6.42 Å². The van der Waals surface area contributed by atoms with E-state index in [9.17, 15) is 4.79 Å². The molecule has 3 rings (SSSR count). The van der Waals surface area contributed by atoms with E-state index < -0.39 is 5.97 Å². The van der Waals surface area contributed by atoms with E-state index in [1.165, 1.54) is 11.3 Å². The van der Waals surface area contributed by atoms with Crippen LogP contribution in [-0.2, 0) is 24.2 Å². The van der Waals surface area contributed by atoms with Gasteiger partial charge in [0.25, 0.3) is 0 Å². The van der Waals surface area contributed by atoms with Gasteiger partial charge in [-0.1, -0.05) is 12.1 Å². The third kappa shape index (κ3) is 2.69. The van der Waals surface area contributed by atoms with Crippen molar-refractivity contribution in [2.24, 2.45) is 0 Å². The molecule has 0 radical (unpaired) electrons. The first kappa shape index (κ1) is 13.8. The predicted molar refractivity (Wildman–Crippen MR) is 79.7 cm³/mol. The van der Waals surface area contributed by atoms with E-state index in [0.29, 0.717) is 0 Å². The molecular weight excluding hydrogens is 266 g/mol. The standard InChI is InChI=1S/C16H19N3O2/c1-11-14-10-18(2)8-7-15(14)19(17-11)13-5-3-12(4-6-13)9-16(20)21/h3-6H,7-10H2,1-2H3,(H,20,21). The van der Waals surface area contributed by atoms with Crippen LogP contribution >= 0.6 is 0 Å². The Labute approximate surface area is 123 Å². The van der Waals surface area contributed by atoms with Crippen molar-refractivity contribution in [3.63, 3.8) is 0 Å². The maximum atomic E-state index is 10.7. The van der Waals surface area contributed by atoms with Gasteiger partial charge in [0.1, 0.15) is 0 Å².